The van der Waals surface area contributed by atoms with Crippen molar-refractivity contribution in [1.82, 2.24) is 9.88 Å². The molecule has 4 N–H and O–H groups in total. The number of H-pyrrole nitrogens is 2. The Balaban J connectivity index is 1.22. The number of aryl methyl sites for hydroxylation is 1. The van der Waals surface area contributed by atoms with Crippen LogP contribution >= 0.6 is 11.3 Å². The summed E-state index contributed by atoms with van der Waals surface area (Å²) in [5.74, 6) is -0.916. The van der Waals surface area contributed by atoms with Gasteiger partial charge in [0.25, 0.3) is 17.5 Å². The molecule has 3 aromatic heterocycles. The number of alkyl halides is 3. The molecule has 12 heteroatoms. The number of ether oxygens (including phenoxy) is 1. The van der Waals surface area contributed by atoms with E-state index in [4.69, 9.17) is 4.74 Å². The molecule has 2 aromatic carbocycles. The highest BCUT2D eigenvalue weighted by molar-refractivity contribution is 7.21. The Labute approximate surface area is 242 Å². The van der Waals surface area contributed by atoms with Crippen LogP contribution in [0.4, 0.5) is 24.5 Å². The summed E-state index contributed by atoms with van der Waals surface area (Å²) in [6.07, 6.45) is -0.915. The maximum atomic E-state index is 13.7. The number of thiophene rings is 1. The summed E-state index contributed by atoms with van der Waals surface area (Å²) in [5, 5.41) is 7.37. The number of carbonyl (C=O) groups is 2. The predicted octanol–water partition coefficient (Wildman–Crippen LogP) is 5.86. The monoisotopic (exact) mass is 594 g/mol. The Morgan fingerprint density at radius 1 is 1.05 bits per heavy atom. The Morgan fingerprint density at radius 3 is 2.64 bits per heavy atom. The molecule has 42 heavy (non-hydrogen) atoms. The fourth-order valence-corrected chi connectivity index (χ4v) is 6.05. The van der Waals surface area contributed by atoms with E-state index in [2.05, 4.69) is 20.6 Å². The second kappa shape index (κ2) is 11.2. The third kappa shape index (κ3) is 5.87. The van der Waals surface area contributed by atoms with Gasteiger partial charge in [0.05, 0.1) is 46.1 Å². The van der Waals surface area contributed by atoms with E-state index in [9.17, 15) is 22.8 Å². The van der Waals surface area contributed by atoms with Crippen molar-refractivity contribution in [2.45, 2.75) is 19.6 Å². The zero-order chi connectivity index (χ0) is 29.4. The van der Waals surface area contributed by atoms with Gasteiger partial charge in [0.1, 0.15) is 0 Å². The van der Waals surface area contributed by atoms with Crippen LogP contribution < -0.4 is 15.6 Å². The first kappa shape index (κ1) is 27.9. The van der Waals surface area contributed by atoms with Gasteiger partial charge in [-0.25, -0.2) is 9.97 Å². The van der Waals surface area contributed by atoms with Gasteiger partial charge in [0, 0.05) is 42.0 Å². The maximum Gasteiger partial charge on any atom is 0.416 e. The third-order valence-electron chi connectivity index (χ3n) is 7.18. The largest absolute Gasteiger partial charge is 0.416 e. The minimum absolute atomic E-state index is 0.0439. The number of nitrogens with zero attached hydrogens (tertiary/aromatic N) is 1. The van der Waals surface area contributed by atoms with Crippen molar-refractivity contribution in [1.29, 1.82) is 0 Å². The lowest BCUT2D eigenvalue weighted by Gasteiger charge is -2.27. The molecule has 1 aliphatic rings. The van der Waals surface area contributed by atoms with E-state index < -0.39 is 17.6 Å². The zero-order valence-electron chi connectivity index (χ0n) is 22.5. The van der Waals surface area contributed by atoms with Crippen LogP contribution in [0.15, 0.2) is 60.9 Å². The molecule has 0 spiro atoms. The molecule has 8 nitrogen and oxygen atoms in total. The number of anilines is 2. The molecule has 0 unspecified atom stereocenters. The first-order valence-corrected chi connectivity index (χ1v) is 14.1. The van der Waals surface area contributed by atoms with Crippen LogP contribution in [-0.2, 0) is 17.5 Å². The molecule has 216 valence electrons. The minimum Gasteiger partial charge on any atom is -0.379 e. The second-order valence-corrected chi connectivity index (χ2v) is 11.2. The highest BCUT2D eigenvalue weighted by Gasteiger charge is 2.31. The number of pyridine rings is 1. The highest BCUT2D eigenvalue weighted by Crippen LogP contribution is 2.33. The van der Waals surface area contributed by atoms with E-state index in [-0.39, 0.29) is 17.2 Å². The quantitative estimate of drug-likeness (QED) is 0.229. The molecule has 2 amide bonds. The maximum absolute atomic E-state index is 13.7. The number of carbonyl (C=O) groups excluding carboxylic acids is 2. The lowest BCUT2D eigenvalue weighted by atomic mass is 10.1. The van der Waals surface area contributed by atoms with E-state index in [1.807, 2.05) is 23.4 Å². The standard InChI is InChI=1S/C30H26F3N5O3S/c1-17-2-3-19(12-24(17)37-29(40)25-13-20-15-35-27-23(4-5-34-27)26(20)42-25)28(39)36-22-11-18(10-21(14-22)30(31,32)33)16-38-6-8-41-9-7-38/h2-5,10-15H,6-9,16H2,1H3,(H,34,35)(H,36,39)(H,37,40)/p+1. The average molecular weight is 595 g/mol. The van der Waals surface area contributed by atoms with E-state index in [0.29, 0.717) is 49.0 Å². The van der Waals surface area contributed by atoms with E-state index in [1.165, 1.54) is 17.4 Å². The molecule has 1 fully saturated rings. The van der Waals surface area contributed by atoms with Gasteiger partial charge in [0.15, 0.2) is 0 Å². The summed E-state index contributed by atoms with van der Waals surface area (Å²) in [4.78, 5) is 35.1. The van der Waals surface area contributed by atoms with Crippen molar-refractivity contribution in [2.75, 3.05) is 36.9 Å². The van der Waals surface area contributed by atoms with Crippen molar-refractivity contribution in [3.05, 3.63) is 88.1 Å². The van der Waals surface area contributed by atoms with Crippen LogP contribution in [0.3, 0.4) is 0 Å². The average Bonchev–Trinajstić information content (AvgIpc) is 3.61. The van der Waals surface area contributed by atoms with E-state index in [0.717, 1.165) is 38.8 Å². The van der Waals surface area contributed by atoms with Gasteiger partial charge in [-0.05, 0) is 60.5 Å². The number of nitrogens with one attached hydrogen (secondary N) is 4. The van der Waals surface area contributed by atoms with Crippen LogP contribution in [0.2, 0.25) is 0 Å². The van der Waals surface area contributed by atoms with Gasteiger partial charge in [-0.1, -0.05) is 6.07 Å². The Bertz CT molecular complexity index is 1810. The summed E-state index contributed by atoms with van der Waals surface area (Å²) in [5.41, 5.74) is 1.87. The minimum atomic E-state index is -4.57. The molecule has 1 aliphatic heterocycles. The van der Waals surface area contributed by atoms with Crippen molar-refractivity contribution in [2.24, 2.45) is 0 Å². The molecular formula is C30H27F3N5O3S+. The third-order valence-corrected chi connectivity index (χ3v) is 8.37. The number of hydrogen-bond donors (Lipinski definition) is 3. The molecule has 0 saturated carbocycles. The van der Waals surface area contributed by atoms with Gasteiger partial charge in [-0.15, -0.1) is 11.3 Å². The van der Waals surface area contributed by atoms with Crippen LogP contribution in [0.25, 0.3) is 21.1 Å². The van der Waals surface area contributed by atoms with E-state index >= 15 is 0 Å². The number of aromatic amines is 2. The van der Waals surface area contributed by atoms with Crippen LogP contribution in [0.5, 0.6) is 0 Å². The first-order chi connectivity index (χ1) is 20.1. The summed E-state index contributed by atoms with van der Waals surface area (Å²) >= 11 is 1.36. The fourth-order valence-electron chi connectivity index (χ4n) is 4.98. The Hall–Kier alpha value is -4.26. The van der Waals surface area contributed by atoms with Crippen molar-refractivity contribution < 1.29 is 32.5 Å². The van der Waals surface area contributed by atoms with Crippen molar-refractivity contribution in [3.63, 3.8) is 0 Å². The van der Waals surface area contributed by atoms with Crippen molar-refractivity contribution in [3.8, 4) is 0 Å². The summed E-state index contributed by atoms with van der Waals surface area (Å²) in [6, 6.07) is 12.1. The molecule has 1 saturated heterocycles. The van der Waals surface area contributed by atoms with Crippen LogP contribution in [0, 0.1) is 6.92 Å². The molecule has 0 bridgehead atoms. The van der Waals surface area contributed by atoms with Gasteiger partial charge in [0.2, 0.25) is 0 Å². The molecule has 0 aliphatic carbocycles. The highest BCUT2D eigenvalue weighted by atomic mass is 32.1. The molecule has 5 aromatic rings. The number of benzene rings is 2. The Morgan fingerprint density at radius 2 is 1.86 bits per heavy atom. The fraction of sp³-hybridized carbons (Fsp3) is 0.233. The van der Waals surface area contributed by atoms with Gasteiger partial charge >= 0.3 is 6.18 Å². The van der Waals surface area contributed by atoms with Crippen LogP contribution in [0.1, 0.15) is 36.7 Å². The molecule has 0 radical (unpaired) electrons. The number of hydrogen-bond acceptors (Lipinski definition) is 5. The van der Waals surface area contributed by atoms with Gasteiger partial charge in [-0.3, -0.25) is 14.5 Å². The zero-order valence-corrected chi connectivity index (χ0v) is 23.3. The SMILES string of the molecule is Cc1ccc(C(=O)Nc2cc(CN3CCOCC3)cc(C(F)(F)F)c2)cc1NC(=O)c1cc2c[nH+]c3[nH]ccc3c2s1. The number of aromatic nitrogens is 2. The number of amides is 2. The van der Waals surface area contributed by atoms with Gasteiger partial charge < -0.3 is 15.4 Å². The first-order valence-electron chi connectivity index (χ1n) is 13.3. The van der Waals surface area contributed by atoms with E-state index in [1.54, 1.807) is 31.2 Å². The van der Waals surface area contributed by atoms with Crippen LogP contribution in [-0.4, -0.2) is 48.0 Å². The summed E-state index contributed by atoms with van der Waals surface area (Å²) < 4.78 is 47.3. The molecule has 6 rings (SSSR count). The number of rotatable bonds is 6. The van der Waals surface area contributed by atoms with Crippen molar-refractivity contribution >= 4 is 55.6 Å². The predicted molar refractivity (Wildman–Crippen MR) is 155 cm³/mol. The number of morpholine rings is 1. The lowest BCUT2D eigenvalue weighted by Crippen LogP contribution is -2.35. The number of halogens is 3. The lowest BCUT2D eigenvalue weighted by molar-refractivity contribution is -0.345. The molecule has 4 heterocycles. The Kier molecular flexibility index (Phi) is 7.43. The van der Waals surface area contributed by atoms with Gasteiger partial charge in [-0.2, -0.15) is 13.2 Å². The number of fused-ring (bicyclic) bond motifs is 3. The molecule has 0 atom stereocenters. The normalized spacial score (nSPS) is 14.4. The molecular weight excluding hydrogens is 567 g/mol. The smallest absolute Gasteiger partial charge is 0.379 e. The second-order valence-electron chi connectivity index (χ2n) is 10.2. The summed E-state index contributed by atoms with van der Waals surface area (Å²) in [7, 11) is 0. The topological polar surface area (TPSA) is 101 Å². The summed E-state index contributed by atoms with van der Waals surface area (Å²) in [6.45, 7) is 4.38.